The molecule has 1 heteroatoms. The smallest absolute Gasteiger partial charge is 0.0774 e. The molecule has 0 atom stereocenters. The molecule has 0 bridgehead atoms. The predicted octanol–water partition coefficient (Wildman–Crippen LogP) is 5.38. The van der Waals surface area contributed by atoms with Crippen LogP contribution in [0.15, 0.2) is 53.2 Å². The Morgan fingerprint density at radius 2 is 1.84 bits per heavy atom. The van der Waals surface area contributed by atoms with Gasteiger partial charge in [-0.05, 0) is 50.5 Å². The largest absolute Gasteiger partial charge is 0.256 e. The molecular weight excluding hydrogens is 230 g/mol. The fourth-order valence-electron chi connectivity index (χ4n) is 2.19. The van der Waals surface area contributed by atoms with Crippen LogP contribution in [0.4, 0.5) is 0 Å². The quantitative estimate of drug-likeness (QED) is 0.667. The summed E-state index contributed by atoms with van der Waals surface area (Å²) in [6.45, 7) is 8.78. The monoisotopic (exact) mass is 251 g/mol. The maximum Gasteiger partial charge on any atom is 0.0774 e. The molecule has 1 nitrogen and oxygen atoms in total. The zero-order valence-electron chi connectivity index (χ0n) is 12.2. The van der Waals surface area contributed by atoms with Crippen LogP contribution in [-0.2, 0) is 0 Å². The highest BCUT2D eigenvalue weighted by Crippen LogP contribution is 2.22. The maximum absolute atomic E-state index is 4.50. The average Bonchev–Trinajstić information content (AvgIpc) is 2.46. The van der Waals surface area contributed by atoms with Crippen molar-refractivity contribution in [1.29, 1.82) is 0 Å². The molecule has 0 spiro atoms. The van der Waals surface area contributed by atoms with E-state index in [0.717, 1.165) is 11.9 Å². The van der Waals surface area contributed by atoms with E-state index >= 15 is 0 Å². The van der Waals surface area contributed by atoms with Gasteiger partial charge in [0.15, 0.2) is 0 Å². The molecule has 0 N–H and O–H groups in total. The lowest BCUT2D eigenvalue weighted by atomic mass is 9.99. The van der Waals surface area contributed by atoms with E-state index < -0.39 is 0 Å². The van der Waals surface area contributed by atoms with E-state index in [9.17, 15) is 0 Å². The van der Waals surface area contributed by atoms with E-state index in [1.807, 2.05) is 12.3 Å². The molecule has 0 saturated carbocycles. The molecule has 1 heterocycles. The molecule has 0 saturated heterocycles. The number of benzene rings is 1. The minimum absolute atomic E-state index is 1.08. The summed E-state index contributed by atoms with van der Waals surface area (Å²) in [7, 11) is 0. The van der Waals surface area contributed by atoms with Gasteiger partial charge in [-0.25, -0.2) is 0 Å². The highest BCUT2D eigenvalue weighted by molar-refractivity contribution is 5.87. The summed E-state index contributed by atoms with van der Waals surface area (Å²) in [6, 6.07) is 10.4. The molecule has 1 aromatic carbocycles. The third-order valence-corrected chi connectivity index (χ3v) is 3.80. The number of nitrogens with zero attached hydrogens (tertiary/aromatic N) is 1. The summed E-state index contributed by atoms with van der Waals surface area (Å²) in [5.41, 5.74) is 6.42. The van der Waals surface area contributed by atoms with E-state index in [1.54, 1.807) is 0 Å². The van der Waals surface area contributed by atoms with Gasteiger partial charge in [-0.3, -0.25) is 4.98 Å². The fourth-order valence-corrected chi connectivity index (χ4v) is 2.19. The Labute approximate surface area is 115 Å². The lowest BCUT2D eigenvalue weighted by Gasteiger charge is -2.08. The minimum Gasteiger partial charge on any atom is -0.256 e. The van der Waals surface area contributed by atoms with Gasteiger partial charge in [0, 0.05) is 17.1 Å². The van der Waals surface area contributed by atoms with Gasteiger partial charge in [-0.15, -0.1) is 0 Å². The molecule has 2 rings (SSSR count). The highest BCUT2D eigenvalue weighted by atomic mass is 14.6. The van der Waals surface area contributed by atoms with Crippen LogP contribution < -0.4 is 0 Å². The fraction of sp³-hybridized carbons (Fsp3) is 0.278. The van der Waals surface area contributed by atoms with Crippen LogP contribution in [-0.4, -0.2) is 4.98 Å². The number of hydrogen-bond donors (Lipinski definition) is 0. The number of allylic oxidation sites excluding steroid dienone is 3. The predicted molar refractivity (Wildman–Crippen MR) is 84.1 cm³/mol. The second-order valence-corrected chi connectivity index (χ2v) is 5.01. The summed E-state index contributed by atoms with van der Waals surface area (Å²) < 4.78 is 0. The van der Waals surface area contributed by atoms with Crippen molar-refractivity contribution in [3.05, 3.63) is 58.8 Å². The van der Waals surface area contributed by atoms with Gasteiger partial charge in [-0.1, -0.05) is 36.8 Å². The van der Waals surface area contributed by atoms with Gasteiger partial charge < -0.3 is 0 Å². The van der Waals surface area contributed by atoms with E-state index in [2.05, 4.69) is 63.0 Å². The van der Waals surface area contributed by atoms with Crippen molar-refractivity contribution in [2.75, 3.05) is 0 Å². The number of para-hydroxylation sites is 1. The van der Waals surface area contributed by atoms with E-state index in [0.29, 0.717) is 0 Å². The standard InChI is InChI=1S/C18H21N/c1-5-13(2)15(4)14(3)12-17-9-6-8-16-10-7-11-19-18(16)17/h6-12H,5H2,1-4H3/b14-12+,15-13+. The van der Waals surface area contributed by atoms with Crippen molar-refractivity contribution in [3.8, 4) is 0 Å². The second kappa shape index (κ2) is 5.83. The first-order chi connectivity index (χ1) is 9.13. The van der Waals surface area contributed by atoms with Crippen molar-refractivity contribution in [3.63, 3.8) is 0 Å². The lowest BCUT2D eigenvalue weighted by Crippen LogP contribution is -1.87. The molecule has 19 heavy (non-hydrogen) atoms. The van der Waals surface area contributed by atoms with Crippen LogP contribution in [0.25, 0.3) is 17.0 Å². The van der Waals surface area contributed by atoms with Gasteiger partial charge in [-0.2, -0.15) is 0 Å². The number of rotatable bonds is 3. The third-order valence-electron chi connectivity index (χ3n) is 3.80. The summed E-state index contributed by atoms with van der Waals surface area (Å²) in [4.78, 5) is 4.50. The Morgan fingerprint density at radius 1 is 1.11 bits per heavy atom. The van der Waals surface area contributed by atoms with Gasteiger partial charge in [0.25, 0.3) is 0 Å². The Balaban J connectivity index is 2.52. The first-order valence-corrected chi connectivity index (χ1v) is 6.82. The third kappa shape index (κ3) is 2.93. The van der Waals surface area contributed by atoms with Crippen molar-refractivity contribution >= 4 is 17.0 Å². The summed E-state index contributed by atoms with van der Waals surface area (Å²) in [5.74, 6) is 0. The molecule has 0 aliphatic carbocycles. The molecule has 98 valence electrons. The molecule has 0 amide bonds. The lowest BCUT2D eigenvalue weighted by molar-refractivity contribution is 1.06. The summed E-state index contributed by atoms with van der Waals surface area (Å²) in [6.07, 6.45) is 5.20. The van der Waals surface area contributed by atoms with Crippen LogP contribution in [0.5, 0.6) is 0 Å². The Bertz CT molecular complexity index is 642. The van der Waals surface area contributed by atoms with Crippen LogP contribution in [0.3, 0.4) is 0 Å². The number of fused-ring (bicyclic) bond motifs is 1. The van der Waals surface area contributed by atoms with Crippen LogP contribution in [0.2, 0.25) is 0 Å². The zero-order valence-corrected chi connectivity index (χ0v) is 12.2. The van der Waals surface area contributed by atoms with Crippen molar-refractivity contribution in [2.45, 2.75) is 34.1 Å². The SMILES string of the molecule is CC/C(C)=C(C)/C(C)=C/c1cccc2cccnc12. The first kappa shape index (κ1) is 13.5. The van der Waals surface area contributed by atoms with Crippen LogP contribution in [0, 0.1) is 0 Å². The highest BCUT2D eigenvalue weighted by Gasteiger charge is 2.02. The zero-order chi connectivity index (χ0) is 13.8. The normalized spacial score (nSPS) is 13.6. The van der Waals surface area contributed by atoms with E-state index in [1.165, 1.54) is 27.7 Å². The van der Waals surface area contributed by atoms with Crippen molar-refractivity contribution in [2.24, 2.45) is 0 Å². The maximum atomic E-state index is 4.50. The van der Waals surface area contributed by atoms with Crippen LogP contribution in [0.1, 0.15) is 39.7 Å². The van der Waals surface area contributed by atoms with Gasteiger partial charge in [0.2, 0.25) is 0 Å². The summed E-state index contributed by atoms with van der Waals surface area (Å²) >= 11 is 0. The molecule has 0 aliphatic rings. The second-order valence-electron chi connectivity index (χ2n) is 5.01. The molecule has 1 aromatic heterocycles. The first-order valence-electron chi connectivity index (χ1n) is 6.82. The molecule has 2 aromatic rings. The van der Waals surface area contributed by atoms with E-state index in [4.69, 9.17) is 0 Å². The van der Waals surface area contributed by atoms with Crippen molar-refractivity contribution in [1.82, 2.24) is 4.98 Å². The Morgan fingerprint density at radius 3 is 2.58 bits per heavy atom. The topological polar surface area (TPSA) is 12.9 Å². The van der Waals surface area contributed by atoms with Gasteiger partial charge in [0.1, 0.15) is 0 Å². The number of pyridine rings is 1. The molecule has 0 radical (unpaired) electrons. The molecule has 0 unspecified atom stereocenters. The molecule has 0 aliphatic heterocycles. The van der Waals surface area contributed by atoms with E-state index in [-0.39, 0.29) is 0 Å². The average molecular weight is 251 g/mol. The minimum atomic E-state index is 1.08. The Hall–Kier alpha value is -1.89. The van der Waals surface area contributed by atoms with Crippen LogP contribution >= 0.6 is 0 Å². The van der Waals surface area contributed by atoms with Crippen molar-refractivity contribution < 1.29 is 0 Å². The molecule has 0 fully saturated rings. The van der Waals surface area contributed by atoms with Gasteiger partial charge in [0.05, 0.1) is 5.52 Å². The number of hydrogen-bond acceptors (Lipinski definition) is 1. The van der Waals surface area contributed by atoms with Gasteiger partial charge >= 0.3 is 0 Å². The molecular formula is C18H21N. The summed E-state index contributed by atoms with van der Waals surface area (Å²) in [5, 5.41) is 1.19. The Kier molecular flexibility index (Phi) is 4.16. The number of aromatic nitrogens is 1.